The zero-order valence-corrected chi connectivity index (χ0v) is 16.2. The van der Waals surface area contributed by atoms with Crippen LogP contribution >= 0.6 is 0 Å². The number of methoxy groups -OCH3 is 1. The van der Waals surface area contributed by atoms with Gasteiger partial charge in [-0.05, 0) is 32.3 Å². The Balaban J connectivity index is 1.75. The molecule has 0 aliphatic carbocycles. The third kappa shape index (κ3) is 4.52. The van der Waals surface area contributed by atoms with E-state index in [9.17, 15) is 4.79 Å². The number of nitrogens with zero attached hydrogens (tertiary/aromatic N) is 3. The van der Waals surface area contributed by atoms with Crippen molar-refractivity contribution in [3.8, 4) is 11.3 Å². The first kappa shape index (κ1) is 19.0. The molecule has 0 spiro atoms. The molecular weight excluding hydrogens is 340 g/mol. The third-order valence-electron chi connectivity index (χ3n) is 4.68. The van der Waals surface area contributed by atoms with E-state index in [1.54, 1.807) is 7.11 Å². The molecule has 6 heteroatoms. The van der Waals surface area contributed by atoms with Gasteiger partial charge in [-0.25, -0.2) is 9.50 Å². The highest BCUT2D eigenvalue weighted by atomic mass is 16.5. The topological polar surface area (TPSA) is 68.5 Å². The molecule has 2 heterocycles. The maximum absolute atomic E-state index is 12.1. The minimum absolute atomic E-state index is 0.0513. The lowest BCUT2D eigenvalue weighted by Crippen LogP contribution is -2.25. The quantitative estimate of drug-likeness (QED) is 0.622. The molecule has 0 unspecified atom stereocenters. The third-order valence-corrected chi connectivity index (χ3v) is 4.68. The number of aromatic nitrogens is 3. The van der Waals surface area contributed by atoms with E-state index in [0.29, 0.717) is 26.0 Å². The largest absolute Gasteiger partial charge is 0.385 e. The molecular formula is C21H26N4O2. The molecule has 0 fully saturated rings. The van der Waals surface area contributed by atoms with E-state index < -0.39 is 0 Å². The van der Waals surface area contributed by atoms with Gasteiger partial charge in [-0.15, -0.1) is 0 Å². The van der Waals surface area contributed by atoms with Crippen LogP contribution in [0.2, 0.25) is 0 Å². The fourth-order valence-corrected chi connectivity index (χ4v) is 3.21. The monoisotopic (exact) mass is 366 g/mol. The van der Waals surface area contributed by atoms with Crippen LogP contribution in [0, 0.1) is 13.8 Å². The molecule has 2 aromatic heterocycles. The molecule has 1 aromatic carbocycles. The van der Waals surface area contributed by atoms with Crippen molar-refractivity contribution in [1.29, 1.82) is 0 Å². The maximum atomic E-state index is 12.1. The predicted octanol–water partition coefficient (Wildman–Crippen LogP) is 3.10. The standard InChI is InChI=1S/C21H26N4O2/c1-15-18(10-11-21(26)22-12-7-13-27-3)16(2)25-20(23-15)14-19(24-25)17-8-5-4-6-9-17/h4-6,8-9,14H,7,10-13H2,1-3H3,(H,22,26). The van der Waals surface area contributed by atoms with Crippen LogP contribution in [0.25, 0.3) is 16.9 Å². The van der Waals surface area contributed by atoms with E-state index >= 15 is 0 Å². The van der Waals surface area contributed by atoms with Gasteiger partial charge in [0.05, 0.1) is 5.69 Å². The minimum atomic E-state index is 0.0513. The van der Waals surface area contributed by atoms with Crippen LogP contribution in [0.3, 0.4) is 0 Å². The number of fused-ring (bicyclic) bond motifs is 1. The molecule has 6 nitrogen and oxygen atoms in total. The molecule has 3 rings (SSSR count). The lowest BCUT2D eigenvalue weighted by atomic mass is 10.1. The molecule has 0 radical (unpaired) electrons. The van der Waals surface area contributed by atoms with Crippen molar-refractivity contribution in [3.05, 3.63) is 53.3 Å². The molecule has 1 amide bonds. The van der Waals surface area contributed by atoms with Crippen molar-refractivity contribution in [2.24, 2.45) is 0 Å². The number of carbonyl (C=O) groups is 1. The number of hydrogen-bond donors (Lipinski definition) is 1. The fourth-order valence-electron chi connectivity index (χ4n) is 3.21. The second-order valence-electron chi connectivity index (χ2n) is 6.62. The zero-order chi connectivity index (χ0) is 19.2. The maximum Gasteiger partial charge on any atom is 0.220 e. The summed E-state index contributed by atoms with van der Waals surface area (Å²) in [6.07, 6.45) is 1.91. The molecule has 0 saturated heterocycles. The van der Waals surface area contributed by atoms with Gasteiger partial charge in [-0.3, -0.25) is 4.79 Å². The number of amides is 1. The Hall–Kier alpha value is -2.73. The highest BCUT2D eigenvalue weighted by molar-refractivity contribution is 5.76. The number of rotatable bonds is 8. The second kappa shape index (κ2) is 8.77. The van der Waals surface area contributed by atoms with E-state index in [0.717, 1.165) is 40.3 Å². The molecule has 0 aliphatic rings. The first-order chi connectivity index (χ1) is 13.1. The van der Waals surface area contributed by atoms with E-state index in [1.165, 1.54) is 0 Å². The molecule has 0 atom stereocenters. The Kier molecular flexibility index (Phi) is 6.19. The van der Waals surface area contributed by atoms with Crippen LogP contribution in [0.15, 0.2) is 36.4 Å². The van der Waals surface area contributed by atoms with Gasteiger partial charge in [-0.2, -0.15) is 5.10 Å². The Morgan fingerprint density at radius 1 is 1.22 bits per heavy atom. The fraction of sp³-hybridized carbons (Fsp3) is 0.381. The molecule has 0 saturated carbocycles. The lowest BCUT2D eigenvalue weighted by Gasteiger charge is -2.11. The van der Waals surface area contributed by atoms with Gasteiger partial charge in [0.25, 0.3) is 0 Å². The van der Waals surface area contributed by atoms with Crippen molar-refractivity contribution >= 4 is 11.6 Å². The van der Waals surface area contributed by atoms with Crippen molar-refractivity contribution in [2.45, 2.75) is 33.1 Å². The van der Waals surface area contributed by atoms with E-state index in [1.807, 2.05) is 54.8 Å². The SMILES string of the molecule is COCCCNC(=O)CCc1c(C)nc2cc(-c3ccccc3)nn2c1C. The van der Waals surface area contributed by atoms with Gasteiger partial charge in [0, 0.05) is 49.7 Å². The Labute approximate surface area is 159 Å². The van der Waals surface area contributed by atoms with Crippen LogP contribution in [-0.4, -0.2) is 40.8 Å². The number of hydrogen-bond acceptors (Lipinski definition) is 4. The van der Waals surface area contributed by atoms with Gasteiger partial charge < -0.3 is 10.1 Å². The van der Waals surface area contributed by atoms with Crippen molar-refractivity contribution < 1.29 is 9.53 Å². The zero-order valence-electron chi connectivity index (χ0n) is 16.2. The Bertz CT molecular complexity index is 919. The average molecular weight is 366 g/mol. The predicted molar refractivity (Wildman–Crippen MR) is 106 cm³/mol. The number of aryl methyl sites for hydroxylation is 2. The molecule has 1 N–H and O–H groups in total. The first-order valence-corrected chi connectivity index (χ1v) is 9.27. The number of benzene rings is 1. The van der Waals surface area contributed by atoms with Crippen LogP contribution in [0.1, 0.15) is 29.8 Å². The number of nitrogens with one attached hydrogen (secondary N) is 1. The summed E-state index contributed by atoms with van der Waals surface area (Å²) in [6, 6.07) is 12.1. The minimum Gasteiger partial charge on any atom is -0.385 e. The summed E-state index contributed by atoms with van der Waals surface area (Å²) < 4.78 is 6.87. The van der Waals surface area contributed by atoms with E-state index in [2.05, 4.69) is 5.32 Å². The summed E-state index contributed by atoms with van der Waals surface area (Å²) in [7, 11) is 1.66. The van der Waals surface area contributed by atoms with Gasteiger partial charge in [-0.1, -0.05) is 30.3 Å². The normalized spacial score (nSPS) is 11.1. The number of carbonyl (C=O) groups excluding carboxylic acids is 1. The highest BCUT2D eigenvalue weighted by Gasteiger charge is 2.14. The Morgan fingerprint density at radius 2 is 2.00 bits per heavy atom. The van der Waals surface area contributed by atoms with Crippen molar-refractivity contribution in [2.75, 3.05) is 20.3 Å². The summed E-state index contributed by atoms with van der Waals surface area (Å²) in [6.45, 7) is 5.33. The average Bonchev–Trinajstić information content (AvgIpc) is 3.10. The van der Waals surface area contributed by atoms with Crippen LogP contribution < -0.4 is 5.32 Å². The summed E-state index contributed by atoms with van der Waals surface area (Å²) in [5.74, 6) is 0.0513. The van der Waals surface area contributed by atoms with Crippen molar-refractivity contribution in [3.63, 3.8) is 0 Å². The van der Waals surface area contributed by atoms with Gasteiger partial charge in [0.2, 0.25) is 5.91 Å². The summed E-state index contributed by atoms with van der Waals surface area (Å²) >= 11 is 0. The second-order valence-corrected chi connectivity index (χ2v) is 6.62. The molecule has 3 aromatic rings. The molecule has 142 valence electrons. The van der Waals surface area contributed by atoms with Gasteiger partial charge in [0.1, 0.15) is 0 Å². The highest BCUT2D eigenvalue weighted by Crippen LogP contribution is 2.22. The summed E-state index contributed by atoms with van der Waals surface area (Å²) in [4.78, 5) is 16.8. The van der Waals surface area contributed by atoms with Gasteiger partial charge in [0.15, 0.2) is 5.65 Å². The molecule has 27 heavy (non-hydrogen) atoms. The lowest BCUT2D eigenvalue weighted by molar-refractivity contribution is -0.121. The van der Waals surface area contributed by atoms with Crippen molar-refractivity contribution in [1.82, 2.24) is 19.9 Å². The summed E-state index contributed by atoms with van der Waals surface area (Å²) in [5.41, 5.74) is 5.86. The number of ether oxygens (including phenoxy) is 1. The van der Waals surface area contributed by atoms with E-state index in [-0.39, 0.29) is 5.91 Å². The molecule has 0 aliphatic heterocycles. The smallest absolute Gasteiger partial charge is 0.220 e. The Morgan fingerprint density at radius 3 is 2.74 bits per heavy atom. The summed E-state index contributed by atoms with van der Waals surface area (Å²) in [5, 5.41) is 7.65. The van der Waals surface area contributed by atoms with Crippen LogP contribution in [-0.2, 0) is 16.0 Å². The van der Waals surface area contributed by atoms with Crippen LogP contribution in [0.4, 0.5) is 0 Å². The van der Waals surface area contributed by atoms with Crippen LogP contribution in [0.5, 0.6) is 0 Å². The molecule has 0 bridgehead atoms. The van der Waals surface area contributed by atoms with Gasteiger partial charge >= 0.3 is 0 Å². The first-order valence-electron chi connectivity index (χ1n) is 9.27. The van der Waals surface area contributed by atoms with E-state index in [4.69, 9.17) is 14.8 Å².